The van der Waals surface area contributed by atoms with Gasteiger partial charge in [0.25, 0.3) is 10.0 Å². The zero-order valence-electron chi connectivity index (χ0n) is 13.4. The molecule has 1 rings (SSSR count). The Bertz CT molecular complexity index is 568. The lowest BCUT2D eigenvalue weighted by molar-refractivity contribution is 0.245. The number of hydrogen-bond acceptors (Lipinski definition) is 4. The van der Waals surface area contributed by atoms with Crippen LogP contribution in [0.15, 0.2) is 29.2 Å². The van der Waals surface area contributed by atoms with E-state index >= 15 is 0 Å². The molecule has 0 spiro atoms. The quantitative estimate of drug-likeness (QED) is 0.718. The lowest BCUT2D eigenvalue weighted by atomic mass is 10.2. The molecular formula is C15H25N3O3S. The summed E-state index contributed by atoms with van der Waals surface area (Å²) in [6.07, 6.45) is 4.09. The summed E-state index contributed by atoms with van der Waals surface area (Å²) in [5.41, 5.74) is 0.888. The molecule has 0 heterocycles. The van der Waals surface area contributed by atoms with Crippen LogP contribution in [-0.4, -0.2) is 35.1 Å². The van der Waals surface area contributed by atoms with Crippen molar-refractivity contribution in [1.29, 1.82) is 0 Å². The van der Waals surface area contributed by atoms with Crippen molar-refractivity contribution < 1.29 is 13.2 Å². The monoisotopic (exact) mass is 327 g/mol. The largest absolute Gasteiger partial charge is 0.378 e. The molecule has 22 heavy (non-hydrogen) atoms. The minimum atomic E-state index is -3.83. The van der Waals surface area contributed by atoms with Crippen LogP contribution in [0.1, 0.15) is 32.6 Å². The second kappa shape index (κ2) is 8.63. The van der Waals surface area contributed by atoms with Crippen LogP contribution in [0.2, 0.25) is 0 Å². The van der Waals surface area contributed by atoms with Crippen molar-refractivity contribution in [2.45, 2.75) is 37.5 Å². The highest BCUT2D eigenvalue weighted by Gasteiger charge is 2.17. The van der Waals surface area contributed by atoms with E-state index in [9.17, 15) is 13.2 Å². The summed E-state index contributed by atoms with van der Waals surface area (Å²) >= 11 is 0. The van der Waals surface area contributed by atoms with Gasteiger partial charge in [0.1, 0.15) is 0 Å². The van der Waals surface area contributed by atoms with Gasteiger partial charge in [0.15, 0.2) is 0 Å². The van der Waals surface area contributed by atoms with Gasteiger partial charge in [-0.1, -0.05) is 26.2 Å². The zero-order chi connectivity index (χ0) is 16.6. The third-order valence-corrected chi connectivity index (χ3v) is 4.55. The van der Waals surface area contributed by atoms with Gasteiger partial charge in [-0.2, -0.15) is 0 Å². The van der Waals surface area contributed by atoms with Crippen molar-refractivity contribution in [2.24, 2.45) is 0 Å². The first-order valence-electron chi connectivity index (χ1n) is 7.45. The Balaban J connectivity index is 2.54. The number of rotatable bonds is 8. The maximum atomic E-state index is 12.1. The summed E-state index contributed by atoms with van der Waals surface area (Å²) in [5.74, 6) is 0. The van der Waals surface area contributed by atoms with Gasteiger partial charge in [-0.05, 0) is 30.7 Å². The number of unbranched alkanes of at least 4 members (excludes halogenated alkanes) is 3. The number of anilines is 1. The Morgan fingerprint density at radius 2 is 1.73 bits per heavy atom. The molecule has 0 saturated heterocycles. The first-order valence-corrected chi connectivity index (χ1v) is 8.93. The Morgan fingerprint density at radius 3 is 2.27 bits per heavy atom. The van der Waals surface area contributed by atoms with Crippen LogP contribution in [0.4, 0.5) is 10.5 Å². The van der Waals surface area contributed by atoms with Crippen molar-refractivity contribution in [3.63, 3.8) is 0 Å². The van der Waals surface area contributed by atoms with E-state index in [0.29, 0.717) is 6.54 Å². The molecule has 1 aromatic carbocycles. The van der Waals surface area contributed by atoms with Crippen LogP contribution < -0.4 is 14.9 Å². The molecule has 0 aliphatic carbocycles. The molecule has 2 N–H and O–H groups in total. The standard InChI is InChI=1S/C15H25N3O3S/c1-4-5-6-7-12-16-15(19)17-22(20,21)14-10-8-13(9-11-14)18(2)3/h8-11H,4-7,12H2,1-3H3,(H2,16,17,19). The van der Waals surface area contributed by atoms with Gasteiger partial charge in [0.2, 0.25) is 0 Å². The molecule has 0 aliphatic rings. The number of nitrogens with one attached hydrogen (secondary N) is 2. The minimum absolute atomic E-state index is 0.0687. The van der Waals surface area contributed by atoms with Crippen LogP contribution in [0.5, 0.6) is 0 Å². The summed E-state index contributed by atoms with van der Waals surface area (Å²) in [4.78, 5) is 13.6. The third kappa shape index (κ3) is 5.93. The average molecular weight is 327 g/mol. The first-order chi connectivity index (χ1) is 10.4. The predicted molar refractivity (Wildman–Crippen MR) is 88.6 cm³/mol. The van der Waals surface area contributed by atoms with Crippen LogP contribution in [0, 0.1) is 0 Å². The van der Waals surface area contributed by atoms with E-state index in [-0.39, 0.29) is 4.90 Å². The Labute approximate surface area is 132 Å². The van der Waals surface area contributed by atoms with Gasteiger partial charge in [0, 0.05) is 26.3 Å². The summed E-state index contributed by atoms with van der Waals surface area (Å²) in [6.45, 7) is 2.58. The molecule has 0 atom stereocenters. The maximum absolute atomic E-state index is 12.1. The van der Waals surface area contributed by atoms with Crippen molar-refractivity contribution in [2.75, 3.05) is 25.5 Å². The number of carbonyl (C=O) groups excluding carboxylic acids is 1. The van der Waals surface area contributed by atoms with E-state index in [1.54, 1.807) is 12.1 Å². The first kappa shape index (κ1) is 18.3. The van der Waals surface area contributed by atoms with Crippen molar-refractivity contribution in [3.05, 3.63) is 24.3 Å². The Hall–Kier alpha value is -1.76. The second-order valence-corrected chi connectivity index (χ2v) is 6.99. The fourth-order valence-electron chi connectivity index (χ4n) is 1.89. The maximum Gasteiger partial charge on any atom is 0.328 e. The molecule has 0 fully saturated rings. The molecule has 0 unspecified atom stereocenters. The molecule has 124 valence electrons. The highest BCUT2D eigenvalue weighted by molar-refractivity contribution is 7.90. The van der Waals surface area contributed by atoms with Gasteiger partial charge in [-0.25, -0.2) is 17.9 Å². The predicted octanol–water partition coefficient (Wildman–Crippen LogP) is 2.32. The van der Waals surface area contributed by atoms with E-state index < -0.39 is 16.1 Å². The minimum Gasteiger partial charge on any atom is -0.378 e. The van der Waals surface area contributed by atoms with Crippen LogP contribution >= 0.6 is 0 Å². The molecular weight excluding hydrogens is 302 g/mol. The third-order valence-electron chi connectivity index (χ3n) is 3.21. The smallest absolute Gasteiger partial charge is 0.328 e. The number of benzene rings is 1. The lowest BCUT2D eigenvalue weighted by Gasteiger charge is -2.13. The molecule has 1 aromatic rings. The number of sulfonamides is 1. The second-order valence-electron chi connectivity index (χ2n) is 5.31. The summed E-state index contributed by atoms with van der Waals surface area (Å²) in [5, 5.41) is 2.56. The molecule has 0 saturated carbocycles. The fourth-order valence-corrected chi connectivity index (χ4v) is 2.82. The highest BCUT2D eigenvalue weighted by Crippen LogP contribution is 2.15. The molecule has 0 aromatic heterocycles. The van der Waals surface area contributed by atoms with E-state index in [2.05, 4.69) is 12.2 Å². The van der Waals surface area contributed by atoms with Gasteiger partial charge in [-0.3, -0.25) is 0 Å². The van der Waals surface area contributed by atoms with E-state index in [4.69, 9.17) is 0 Å². The Kier molecular flexibility index (Phi) is 7.17. The van der Waals surface area contributed by atoms with Gasteiger partial charge in [-0.15, -0.1) is 0 Å². The van der Waals surface area contributed by atoms with Crippen molar-refractivity contribution in [3.8, 4) is 0 Å². The normalized spacial score (nSPS) is 11.0. The van der Waals surface area contributed by atoms with E-state index in [1.165, 1.54) is 12.1 Å². The summed E-state index contributed by atoms with van der Waals surface area (Å²) in [6, 6.07) is 5.65. The van der Waals surface area contributed by atoms with Crippen LogP contribution in [-0.2, 0) is 10.0 Å². The number of amides is 2. The van der Waals surface area contributed by atoms with Gasteiger partial charge < -0.3 is 10.2 Å². The molecule has 7 heteroatoms. The molecule has 2 amide bonds. The van der Waals surface area contributed by atoms with Gasteiger partial charge >= 0.3 is 6.03 Å². The molecule has 6 nitrogen and oxygen atoms in total. The topological polar surface area (TPSA) is 78.5 Å². The number of nitrogens with zero attached hydrogens (tertiary/aromatic N) is 1. The molecule has 0 bridgehead atoms. The number of hydrogen-bond donors (Lipinski definition) is 2. The lowest BCUT2D eigenvalue weighted by Crippen LogP contribution is -2.39. The van der Waals surface area contributed by atoms with Crippen LogP contribution in [0.3, 0.4) is 0 Å². The Morgan fingerprint density at radius 1 is 1.09 bits per heavy atom. The van der Waals surface area contributed by atoms with E-state index in [0.717, 1.165) is 31.4 Å². The SMILES string of the molecule is CCCCCCNC(=O)NS(=O)(=O)c1ccc(N(C)C)cc1. The van der Waals surface area contributed by atoms with Crippen LogP contribution in [0.25, 0.3) is 0 Å². The average Bonchev–Trinajstić information content (AvgIpc) is 2.46. The number of carbonyl (C=O) groups is 1. The molecule has 0 aliphatic heterocycles. The highest BCUT2D eigenvalue weighted by atomic mass is 32.2. The van der Waals surface area contributed by atoms with Gasteiger partial charge in [0.05, 0.1) is 4.90 Å². The fraction of sp³-hybridized carbons (Fsp3) is 0.533. The van der Waals surface area contributed by atoms with E-state index in [1.807, 2.05) is 23.7 Å². The van der Waals surface area contributed by atoms with Crippen molar-refractivity contribution >= 4 is 21.7 Å². The molecule has 0 radical (unpaired) electrons. The number of urea groups is 1. The summed E-state index contributed by atoms with van der Waals surface area (Å²) in [7, 11) is -0.0923. The zero-order valence-corrected chi connectivity index (χ0v) is 14.2. The van der Waals surface area contributed by atoms with Crippen molar-refractivity contribution in [1.82, 2.24) is 10.0 Å². The summed E-state index contributed by atoms with van der Waals surface area (Å²) < 4.78 is 26.2.